The Morgan fingerprint density at radius 3 is 2.54 bits per heavy atom. The summed E-state index contributed by atoms with van der Waals surface area (Å²) in [6.45, 7) is 2.11. The number of aryl methyl sites for hydroxylation is 1. The molecule has 0 aliphatic rings. The zero-order chi connectivity index (χ0) is 24.4. The lowest BCUT2D eigenvalue weighted by Crippen LogP contribution is -2.07. The van der Waals surface area contributed by atoms with Crippen LogP contribution in [0.1, 0.15) is 18.2 Å². The van der Waals surface area contributed by atoms with Crippen LogP contribution in [0.3, 0.4) is 0 Å². The lowest BCUT2D eigenvalue weighted by atomic mass is 10.2. The van der Waals surface area contributed by atoms with E-state index in [0.717, 1.165) is 23.2 Å². The third-order valence-corrected chi connectivity index (χ3v) is 5.99. The first-order chi connectivity index (χ1) is 17.0. The van der Waals surface area contributed by atoms with Gasteiger partial charge < -0.3 is 9.73 Å². The van der Waals surface area contributed by atoms with Crippen molar-refractivity contribution < 1.29 is 9.21 Å². The van der Waals surface area contributed by atoms with Crippen molar-refractivity contribution in [2.45, 2.75) is 13.3 Å². The van der Waals surface area contributed by atoms with Crippen LogP contribution >= 0.6 is 23.2 Å². The highest BCUT2D eigenvalue weighted by molar-refractivity contribution is 6.36. The minimum atomic E-state index is -0.297. The van der Waals surface area contributed by atoms with Crippen molar-refractivity contribution in [1.82, 2.24) is 15.0 Å². The highest BCUT2D eigenvalue weighted by Crippen LogP contribution is 2.31. The topological polar surface area (TPSA) is 73.0 Å². The second-order valence-corrected chi connectivity index (χ2v) is 8.71. The van der Waals surface area contributed by atoms with Crippen molar-refractivity contribution in [1.29, 1.82) is 0 Å². The molecule has 3 aromatic carbocycles. The molecule has 0 saturated heterocycles. The third kappa shape index (κ3) is 5.14. The highest BCUT2D eigenvalue weighted by Gasteiger charge is 2.10. The van der Waals surface area contributed by atoms with Crippen LogP contribution in [0.2, 0.25) is 10.0 Å². The molecular formula is C27H20Cl2N4O2. The lowest BCUT2D eigenvalue weighted by molar-refractivity contribution is -0.111. The Kier molecular flexibility index (Phi) is 6.40. The van der Waals surface area contributed by atoms with E-state index in [4.69, 9.17) is 27.6 Å². The molecular weight excluding hydrogens is 483 g/mol. The first-order valence-corrected chi connectivity index (χ1v) is 11.7. The first kappa shape index (κ1) is 22.9. The SMILES string of the molecule is CCc1ccc(-n2nc3ccc(NC(=O)/C=C/c4ccc(-c5ccc(Cl)cc5Cl)o4)cc3n2)cc1. The molecule has 35 heavy (non-hydrogen) atoms. The Bertz CT molecular complexity index is 1550. The second kappa shape index (κ2) is 9.78. The van der Waals surface area contributed by atoms with Crippen LogP contribution in [0.15, 0.2) is 83.3 Å². The first-order valence-electron chi connectivity index (χ1n) is 11.0. The van der Waals surface area contributed by atoms with Crippen LogP contribution in [0.5, 0.6) is 0 Å². The van der Waals surface area contributed by atoms with Gasteiger partial charge in [-0.2, -0.15) is 4.80 Å². The maximum atomic E-state index is 12.5. The van der Waals surface area contributed by atoms with Crippen molar-refractivity contribution in [2.24, 2.45) is 0 Å². The van der Waals surface area contributed by atoms with Gasteiger partial charge in [0.1, 0.15) is 22.6 Å². The number of nitrogens with zero attached hydrogens (tertiary/aromatic N) is 3. The van der Waals surface area contributed by atoms with E-state index in [1.807, 2.05) is 18.2 Å². The summed E-state index contributed by atoms with van der Waals surface area (Å²) in [5.41, 5.74) is 4.90. The Labute approximate surface area is 211 Å². The monoisotopic (exact) mass is 502 g/mol. The van der Waals surface area contributed by atoms with Gasteiger partial charge in [0.25, 0.3) is 0 Å². The van der Waals surface area contributed by atoms with E-state index in [2.05, 4.69) is 34.6 Å². The van der Waals surface area contributed by atoms with Crippen molar-refractivity contribution >= 4 is 51.9 Å². The van der Waals surface area contributed by atoms with Crippen LogP contribution in [-0.2, 0) is 11.2 Å². The van der Waals surface area contributed by atoms with Crippen molar-refractivity contribution in [2.75, 3.05) is 5.32 Å². The molecule has 0 bridgehead atoms. The molecule has 2 aromatic heterocycles. The minimum Gasteiger partial charge on any atom is -0.457 e. The predicted octanol–water partition coefficient (Wildman–Crippen LogP) is 7.20. The van der Waals surface area contributed by atoms with Crippen LogP contribution in [0, 0.1) is 0 Å². The number of carbonyl (C=O) groups is 1. The molecule has 0 spiro atoms. The van der Waals surface area contributed by atoms with Crippen LogP contribution in [0.4, 0.5) is 5.69 Å². The smallest absolute Gasteiger partial charge is 0.248 e. The predicted molar refractivity (Wildman–Crippen MR) is 140 cm³/mol. The maximum absolute atomic E-state index is 12.5. The number of amides is 1. The number of rotatable bonds is 6. The summed E-state index contributed by atoms with van der Waals surface area (Å²) in [7, 11) is 0. The van der Waals surface area contributed by atoms with Gasteiger partial charge in [-0.3, -0.25) is 4.79 Å². The van der Waals surface area contributed by atoms with Crippen molar-refractivity contribution in [3.63, 3.8) is 0 Å². The van der Waals surface area contributed by atoms with Gasteiger partial charge in [0, 0.05) is 22.3 Å². The average molecular weight is 503 g/mol. The molecule has 6 nitrogen and oxygen atoms in total. The summed E-state index contributed by atoms with van der Waals surface area (Å²) >= 11 is 12.2. The molecule has 0 aliphatic heterocycles. The zero-order valence-corrected chi connectivity index (χ0v) is 20.2. The summed E-state index contributed by atoms with van der Waals surface area (Å²) in [6, 6.07) is 22.3. The normalized spacial score (nSPS) is 11.4. The average Bonchev–Trinajstić information content (AvgIpc) is 3.50. The van der Waals surface area contributed by atoms with E-state index in [0.29, 0.717) is 32.8 Å². The molecule has 1 N–H and O–H groups in total. The molecule has 0 unspecified atom stereocenters. The molecule has 0 atom stereocenters. The molecule has 8 heteroatoms. The number of aromatic nitrogens is 3. The van der Waals surface area contributed by atoms with Gasteiger partial charge in [-0.15, -0.1) is 10.2 Å². The number of carbonyl (C=O) groups excluding carboxylic acids is 1. The van der Waals surface area contributed by atoms with E-state index >= 15 is 0 Å². The van der Waals surface area contributed by atoms with Gasteiger partial charge >= 0.3 is 0 Å². The Hall–Kier alpha value is -3.87. The van der Waals surface area contributed by atoms with Gasteiger partial charge in [0.05, 0.1) is 10.7 Å². The number of nitrogens with one attached hydrogen (secondary N) is 1. The number of anilines is 1. The molecule has 0 radical (unpaired) electrons. The van der Waals surface area contributed by atoms with Crippen molar-refractivity contribution in [3.8, 4) is 17.0 Å². The summed E-state index contributed by atoms with van der Waals surface area (Å²) < 4.78 is 5.79. The van der Waals surface area contributed by atoms with Gasteiger partial charge in [0.15, 0.2) is 0 Å². The van der Waals surface area contributed by atoms with E-state index in [1.165, 1.54) is 11.6 Å². The van der Waals surface area contributed by atoms with Gasteiger partial charge in [-0.05, 0) is 78.7 Å². The van der Waals surface area contributed by atoms with E-state index < -0.39 is 0 Å². The number of hydrogen-bond donors (Lipinski definition) is 1. The summed E-state index contributed by atoms with van der Waals surface area (Å²) in [6.07, 6.45) is 3.98. The lowest BCUT2D eigenvalue weighted by Gasteiger charge is -2.01. The van der Waals surface area contributed by atoms with Crippen LogP contribution in [0.25, 0.3) is 34.1 Å². The highest BCUT2D eigenvalue weighted by atomic mass is 35.5. The van der Waals surface area contributed by atoms with E-state index in [1.54, 1.807) is 53.3 Å². The number of hydrogen-bond acceptors (Lipinski definition) is 4. The van der Waals surface area contributed by atoms with Crippen LogP contribution < -0.4 is 5.32 Å². The summed E-state index contributed by atoms with van der Waals surface area (Å²) in [5, 5.41) is 13.0. The Balaban J connectivity index is 1.27. The van der Waals surface area contributed by atoms with Crippen LogP contribution in [-0.4, -0.2) is 20.9 Å². The largest absolute Gasteiger partial charge is 0.457 e. The number of fused-ring (bicyclic) bond motifs is 1. The van der Waals surface area contributed by atoms with E-state index in [9.17, 15) is 4.79 Å². The zero-order valence-electron chi connectivity index (χ0n) is 18.7. The fourth-order valence-corrected chi connectivity index (χ4v) is 4.09. The number of benzene rings is 3. The minimum absolute atomic E-state index is 0.297. The third-order valence-electron chi connectivity index (χ3n) is 5.45. The molecule has 0 fully saturated rings. The molecule has 5 rings (SSSR count). The second-order valence-electron chi connectivity index (χ2n) is 7.86. The van der Waals surface area contributed by atoms with E-state index in [-0.39, 0.29) is 5.91 Å². The molecule has 0 aliphatic carbocycles. The fourth-order valence-electron chi connectivity index (χ4n) is 3.59. The Morgan fingerprint density at radius 2 is 1.77 bits per heavy atom. The molecule has 1 amide bonds. The fraction of sp³-hybridized carbons (Fsp3) is 0.0741. The molecule has 174 valence electrons. The Morgan fingerprint density at radius 1 is 0.971 bits per heavy atom. The number of furan rings is 1. The molecule has 0 saturated carbocycles. The standard InChI is InChI=1S/C27H20Cl2N4O2/c1-2-17-3-7-20(8-4-17)33-31-24-12-6-19(16-25(24)32-33)30-27(34)14-10-21-9-13-26(35-21)22-11-5-18(28)15-23(22)29/h3-16H,2H2,1H3,(H,30,34)/b14-10+. The van der Waals surface area contributed by atoms with Crippen molar-refractivity contribution in [3.05, 3.63) is 100 Å². The maximum Gasteiger partial charge on any atom is 0.248 e. The quantitative estimate of drug-likeness (QED) is 0.249. The molecule has 5 aromatic rings. The summed E-state index contributed by atoms with van der Waals surface area (Å²) in [4.78, 5) is 14.1. The summed E-state index contributed by atoms with van der Waals surface area (Å²) in [5.74, 6) is 0.813. The van der Waals surface area contributed by atoms with Gasteiger partial charge in [-0.1, -0.05) is 42.3 Å². The van der Waals surface area contributed by atoms with Gasteiger partial charge in [0.2, 0.25) is 5.91 Å². The van der Waals surface area contributed by atoms with Gasteiger partial charge in [-0.25, -0.2) is 0 Å². The number of halogens is 2. The molecule has 2 heterocycles.